The first-order chi connectivity index (χ1) is 6.74. The highest BCUT2D eigenvalue weighted by molar-refractivity contribution is 7.05. The summed E-state index contributed by atoms with van der Waals surface area (Å²) in [4.78, 5) is 1.30. The Labute approximate surface area is 90.1 Å². The molecule has 0 radical (unpaired) electrons. The highest BCUT2D eigenvalue weighted by Gasteiger charge is 2.06. The summed E-state index contributed by atoms with van der Waals surface area (Å²) >= 11 is 1.52. The van der Waals surface area contributed by atoms with Gasteiger partial charge in [-0.3, -0.25) is 0 Å². The lowest BCUT2D eigenvalue weighted by Crippen LogP contribution is -2.19. The van der Waals surface area contributed by atoms with Crippen molar-refractivity contribution in [1.82, 2.24) is 14.9 Å². The molecule has 0 bridgehead atoms. The zero-order valence-electron chi connectivity index (χ0n) is 9.21. The molecule has 0 saturated carbocycles. The highest BCUT2D eigenvalue weighted by Crippen LogP contribution is 2.11. The lowest BCUT2D eigenvalue weighted by molar-refractivity contribution is 0.553. The number of nitrogens with one attached hydrogen (secondary N) is 1. The molecule has 0 unspecified atom stereocenters. The molecule has 80 valence electrons. The minimum atomic E-state index is 0.700. The van der Waals surface area contributed by atoms with Gasteiger partial charge >= 0.3 is 0 Å². The van der Waals surface area contributed by atoms with Crippen LogP contribution < -0.4 is 5.32 Å². The van der Waals surface area contributed by atoms with Crippen molar-refractivity contribution in [3.05, 3.63) is 10.6 Å². The van der Waals surface area contributed by atoms with Gasteiger partial charge in [0.1, 0.15) is 0 Å². The van der Waals surface area contributed by atoms with Gasteiger partial charge in [-0.05, 0) is 30.4 Å². The third-order valence-corrected chi connectivity index (χ3v) is 2.72. The third-order valence-electron chi connectivity index (χ3n) is 1.96. The Morgan fingerprint density at radius 1 is 1.43 bits per heavy atom. The van der Waals surface area contributed by atoms with Crippen molar-refractivity contribution >= 4 is 11.5 Å². The van der Waals surface area contributed by atoms with Crippen LogP contribution in [-0.4, -0.2) is 16.1 Å². The van der Waals surface area contributed by atoms with Crippen LogP contribution in [0.25, 0.3) is 0 Å². The summed E-state index contributed by atoms with van der Waals surface area (Å²) < 4.78 is 3.99. The van der Waals surface area contributed by atoms with Crippen LogP contribution in [0.5, 0.6) is 0 Å². The summed E-state index contributed by atoms with van der Waals surface area (Å²) in [6.45, 7) is 8.58. The van der Waals surface area contributed by atoms with E-state index in [1.165, 1.54) is 22.1 Å². The lowest BCUT2D eigenvalue weighted by Gasteiger charge is -2.06. The van der Waals surface area contributed by atoms with Crippen LogP contribution in [0.2, 0.25) is 0 Å². The van der Waals surface area contributed by atoms with Crippen LogP contribution in [0.1, 0.15) is 37.8 Å². The number of aromatic nitrogens is 2. The summed E-state index contributed by atoms with van der Waals surface area (Å²) in [5.74, 6) is 0.700. The smallest absolute Gasteiger partial charge is 0.0800 e. The van der Waals surface area contributed by atoms with Crippen LogP contribution in [0.3, 0.4) is 0 Å². The van der Waals surface area contributed by atoms with E-state index in [1.807, 2.05) is 0 Å². The first-order valence-electron chi connectivity index (χ1n) is 5.24. The zero-order chi connectivity index (χ0) is 10.4. The van der Waals surface area contributed by atoms with Gasteiger partial charge in [-0.25, -0.2) is 0 Å². The minimum Gasteiger partial charge on any atom is -0.311 e. The Hall–Kier alpha value is -0.480. The zero-order valence-corrected chi connectivity index (χ0v) is 10.0. The molecule has 0 fully saturated rings. The van der Waals surface area contributed by atoms with E-state index in [-0.39, 0.29) is 0 Å². The van der Waals surface area contributed by atoms with Gasteiger partial charge < -0.3 is 5.32 Å². The highest BCUT2D eigenvalue weighted by atomic mass is 32.1. The third kappa shape index (κ3) is 3.72. The number of nitrogens with zero attached hydrogens (tertiary/aromatic N) is 2. The monoisotopic (exact) mass is 213 g/mol. The number of hydrogen-bond acceptors (Lipinski definition) is 4. The van der Waals surface area contributed by atoms with Gasteiger partial charge in [0.15, 0.2) is 0 Å². The van der Waals surface area contributed by atoms with Crippen molar-refractivity contribution in [2.45, 2.75) is 40.2 Å². The topological polar surface area (TPSA) is 37.8 Å². The molecule has 4 heteroatoms. The first-order valence-corrected chi connectivity index (χ1v) is 6.02. The van der Waals surface area contributed by atoms with Crippen molar-refractivity contribution in [3.63, 3.8) is 0 Å². The van der Waals surface area contributed by atoms with E-state index in [1.54, 1.807) is 0 Å². The van der Waals surface area contributed by atoms with Crippen molar-refractivity contribution in [2.75, 3.05) is 6.54 Å². The molecule has 0 atom stereocenters. The average molecular weight is 213 g/mol. The largest absolute Gasteiger partial charge is 0.311 e. The second kappa shape index (κ2) is 6.09. The average Bonchev–Trinajstić information content (AvgIpc) is 2.53. The predicted molar refractivity (Wildman–Crippen MR) is 60.4 cm³/mol. The fourth-order valence-corrected chi connectivity index (χ4v) is 1.92. The molecule has 3 nitrogen and oxygen atoms in total. The predicted octanol–water partition coefficient (Wildman–Crippen LogP) is 2.24. The van der Waals surface area contributed by atoms with E-state index < -0.39 is 0 Å². The molecule has 14 heavy (non-hydrogen) atoms. The van der Waals surface area contributed by atoms with Crippen LogP contribution >= 0.6 is 11.5 Å². The van der Waals surface area contributed by atoms with Crippen molar-refractivity contribution < 1.29 is 0 Å². The van der Waals surface area contributed by atoms with Gasteiger partial charge in [-0.15, -0.1) is 5.10 Å². The molecule has 0 spiro atoms. The molecule has 0 amide bonds. The summed E-state index contributed by atoms with van der Waals surface area (Å²) in [6.07, 6.45) is 2.19. The molecular formula is C10H19N3S. The van der Waals surface area contributed by atoms with E-state index in [9.17, 15) is 0 Å². The Kier molecular flexibility index (Phi) is 5.04. The summed E-state index contributed by atoms with van der Waals surface area (Å²) in [6, 6.07) is 0. The molecular weight excluding hydrogens is 194 g/mol. The molecule has 0 aliphatic carbocycles. The fourth-order valence-electron chi connectivity index (χ4n) is 1.26. The Balaban J connectivity index is 2.37. The Bertz CT molecular complexity index is 258. The minimum absolute atomic E-state index is 0.700. The standard InChI is InChI=1S/C10H19N3S/c1-4-5-9-10(14-13-12-9)7-11-6-8(2)3/h8,11H,4-7H2,1-3H3. The van der Waals surface area contributed by atoms with Crippen LogP contribution in [0, 0.1) is 5.92 Å². The molecule has 0 aromatic carbocycles. The van der Waals surface area contributed by atoms with Crippen molar-refractivity contribution in [1.29, 1.82) is 0 Å². The van der Waals surface area contributed by atoms with E-state index in [0.717, 1.165) is 25.9 Å². The molecule has 0 aliphatic rings. The van der Waals surface area contributed by atoms with Crippen molar-refractivity contribution in [3.8, 4) is 0 Å². The number of hydrogen-bond donors (Lipinski definition) is 1. The van der Waals surface area contributed by atoms with Crippen molar-refractivity contribution in [2.24, 2.45) is 5.92 Å². The molecule has 0 aliphatic heterocycles. The summed E-state index contributed by atoms with van der Waals surface area (Å²) in [5.41, 5.74) is 1.17. The van der Waals surface area contributed by atoms with Crippen LogP contribution in [0.15, 0.2) is 0 Å². The summed E-state index contributed by atoms with van der Waals surface area (Å²) in [7, 11) is 0. The van der Waals surface area contributed by atoms with Gasteiger partial charge in [-0.2, -0.15) is 0 Å². The van der Waals surface area contributed by atoms with Gasteiger partial charge in [0.05, 0.1) is 10.6 Å². The quantitative estimate of drug-likeness (QED) is 0.787. The Morgan fingerprint density at radius 2 is 2.21 bits per heavy atom. The van der Waals surface area contributed by atoms with Crippen LogP contribution in [-0.2, 0) is 13.0 Å². The summed E-state index contributed by atoms with van der Waals surface area (Å²) in [5, 5.41) is 7.55. The maximum absolute atomic E-state index is 4.13. The maximum atomic E-state index is 4.13. The second-order valence-electron chi connectivity index (χ2n) is 3.92. The first kappa shape index (κ1) is 11.6. The molecule has 1 rings (SSSR count). The Morgan fingerprint density at radius 3 is 2.86 bits per heavy atom. The molecule has 1 aromatic rings. The lowest BCUT2D eigenvalue weighted by atomic mass is 10.2. The molecule has 1 N–H and O–H groups in total. The van der Waals surface area contributed by atoms with Gasteiger partial charge in [0, 0.05) is 6.54 Å². The maximum Gasteiger partial charge on any atom is 0.0800 e. The normalized spacial score (nSPS) is 11.1. The fraction of sp³-hybridized carbons (Fsp3) is 0.800. The van der Waals surface area contributed by atoms with E-state index in [2.05, 4.69) is 35.7 Å². The van der Waals surface area contributed by atoms with E-state index >= 15 is 0 Å². The molecule has 0 saturated heterocycles. The SMILES string of the molecule is CCCc1nnsc1CNCC(C)C. The number of rotatable bonds is 6. The van der Waals surface area contributed by atoms with Crippen LogP contribution in [0.4, 0.5) is 0 Å². The van der Waals surface area contributed by atoms with E-state index in [0.29, 0.717) is 5.92 Å². The van der Waals surface area contributed by atoms with Gasteiger partial charge in [-0.1, -0.05) is 31.7 Å². The van der Waals surface area contributed by atoms with Gasteiger partial charge in [0.2, 0.25) is 0 Å². The number of aryl methyl sites for hydroxylation is 1. The van der Waals surface area contributed by atoms with Gasteiger partial charge in [0.25, 0.3) is 0 Å². The second-order valence-corrected chi connectivity index (χ2v) is 4.76. The van der Waals surface area contributed by atoms with E-state index in [4.69, 9.17) is 0 Å². The molecule has 1 aromatic heterocycles. The molecule has 1 heterocycles.